The quantitative estimate of drug-likeness (QED) is 0.0563. The van der Waals surface area contributed by atoms with Gasteiger partial charge in [-0.05, 0) is 0 Å². The average Bonchev–Trinajstić information content (AvgIpc) is 3.72. The predicted molar refractivity (Wildman–Crippen MR) is 169 cm³/mol. The number of nitrogens with two attached hydrogens (primary N) is 3. The lowest BCUT2D eigenvalue weighted by Crippen LogP contribution is -2.46. The number of halogens is 1. The van der Waals surface area contributed by atoms with Crippen LogP contribution in [0.2, 0.25) is 0 Å². The number of hydrazine groups is 1. The number of hydrogen-bond donors (Lipinski definition) is 7. The molecule has 19 nitrogen and oxygen atoms in total. The van der Waals surface area contributed by atoms with Crippen LogP contribution >= 0.6 is 28.9 Å². The second kappa shape index (κ2) is 14.9. The van der Waals surface area contributed by atoms with Gasteiger partial charge in [0.25, 0.3) is 5.56 Å². The number of carbonyl (C=O) groups is 1. The molecule has 2 saturated heterocycles. The molecule has 0 aliphatic carbocycles. The standard InChI is InChI=1S/C23H34FN11O8P2S/c1-9(2)19(36)32-23-31-18-15(20(37)33-23)30-8-34(18)22-13(4-11(42-22)5-39-44-38)43-45(46)40-6-10-3-12(24)21(41-10)35(27)17-14(25)16(26)28-7-29-17/h7-13,21-22,38,44,46H,3-6,25,27H2,1-2H3,(H2,26,28,29)(H2,31,32,33,36,37). The van der Waals surface area contributed by atoms with Gasteiger partial charge in [0, 0.05) is 18.8 Å². The Kier molecular flexibility index (Phi) is 11.2. The number of nitrogens with zero attached hydrogens (tertiary/aromatic N) is 6. The maximum absolute atomic E-state index is 14.9. The Morgan fingerprint density at radius 1 is 1.30 bits per heavy atom. The molecule has 2 aliphatic rings. The van der Waals surface area contributed by atoms with Gasteiger partial charge in [-0.15, -0.1) is 0 Å². The molecule has 23 heteroatoms. The zero-order valence-electron chi connectivity index (χ0n) is 24.5. The van der Waals surface area contributed by atoms with Crippen LogP contribution in [0.25, 0.3) is 11.2 Å². The molecule has 9 N–H and O–H groups in total. The van der Waals surface area contributed by atoms with Crippen LogP contribution < -0.4 is 33.2 Å². The number of H-pyrrole nitrogens is 1. The first-order chi connectivity index (χ1) is 22.0. The summed E-state index contributed by atoms with van der Waals surface area (Å²) < 4.78 is 45.4. The number of aromatic amines is 1. The Morgan fingerprint density at radius 3 is 2.80 bits per heavy atom. The third-order valence-corrected chi connectivity index (χ3v) is 8.84. The lowest BCUT2D eigenvalue weighted by atomic mass is 10.2. The van der Waals surface area contributed by atoms with Gasteiger partial charge in [0.05, 0.1) is 31.7 Å². The zero-order valence-corrected chi connectivity index (χ0v) is 27.3. The van der Waals surface area contributed by atoms with Crippen LogP contribution in [-0.2, 0) is 27.8 Å². The highest BCUT2D eigenvalue weighted by Gasteiger charge is 2.42. The van der Waals surface area contributed by atoms with Crippen molar-refractivity contribution in [3.63, 3.8) is 0 Å². The normalized spacial score (nSPS) is 25.6. The van der Waals surface area contributed by atoms with Gasteiger partial charge in [0.2, 0.25) is 19.4 Å². The Labute approximate surface area is 269 Å². The summed E-state index contributed by atoms with van der Waals surface area (Å²) in [5, 5.41) is 3.53. The zero-order chi connectivity index (χ0) is 33.1. The average molecular weight is 706 g/mol. The highest BCUT2D eigenvalue weighted by atomic mass is 32.7. The number of thiol groups is 1. The number of rotatable bonds is 13. The topological polar surface area (TPSA) is 266 Å². The van der Waals surface area contributed by atoms with Gasteiger partial charge in [-0.3, -0.25) is 29.5 Å². The van der Waals surface area contributed by atoms with Crippen LogP contribution in [0.4, 0.5) is 27.7 Å². The summed E-state index contributed by atoms with van der Waals surface area (Å²) in [5.41, 5.74) is 11.2. The molecule has 5 rings (SSSR count). The molecule has 3 aromatic heterocycles. The summed E-state index contributed by atoms with van der Waals surface area (Å²) in [4.78, 5) is 52.9. The van der Waals surface area contributed by atoms with Crippen LogP contribution in [-0.4, -0.2) is 84.2 Å². The van der Waals surface area contributed by atoms with E-state index in [4.69, 9.17) is 45.2 Å². The van der Waals surface area contributed by atoms with Gasteiger partial charge in [0.1, 0.15) is 24.3 Å². The summed E-state index contributed by atoms with van der Waals surface area (Å²) >= 11 is 4.47. The van der Waals surface area contributed by atoms with Crippen molar-refractivity contribution >= 4 is 69.2 Å². The van der Waals surface area contributed by atoms with Crippen LogP contribution in [0.15, 0.2) is 17.4 Å². The van der Waals surface area contributed by atoms with E-state index in [-0.39, 0.29) is 72.3 Å². The van der Waals surface area contributed by atoms with Crippen molar-refractivity contribution in [2.45, 2.75) is 63.6 Å². The van der Waals surface area contributed by atoms with E-state index in [1.807, 2.05) is 0 Å². The fraction of sp³-hybridized carbons (Fsp3) is 0.565. The molecule has 0 saturated carbocycles. The molecular formula is C23H34FN11O8P2S. The molecule has 0 bridgehead atoms. The van der Waals surface area contributed by atoms with Gasteiger partial charge in [0.15, 0.2) is 44.3 Å². The number of alkyl halides is 1. The fourth-order valence-electron chi connectivity index (χ4n) is 4.80. The molecule has 0 spiro atoms. The molecule has 2 aliphatic heterocycles. The number of carbonyl (C=O) groups excluding carboxylic acids is 1. The smallest absolute Gasteiger partial charge is 0.280 e. The van der Waals surface area contributed by atoms with Gasteiger partial charge < -0.3 is 39.4 Å². The number of nitrogen functional groups attached to an aromatic ring is 2. The minimum Gasteiger partial charge on any atom is -0.393 e. The van der Waals surface area contributed by atoms with Crippen LogP contribution in [0.3, 0.4) is 0 Å². The highest BCUT2D eigenvalue weighted by Crippen LogP contribution is 2.49. The Balaban J connectivity index is 1.26. The van der Waals surface area contributed by atoms with Crippen LogP contribution in [0.1, 0.15) is 32.9 Å². The molecule has 8 unspecified atom stereocenters. The molecule has 3 aromatic rings. The molecule has 0 radical (unpaired) electrons. The van der Waals surface area contributed by atoms with Crippen molar-refractivity contribution in [3.8, 4) is 0 Å². The molecule has 1 amide bonds. The number of anilines is 4. The predicted octanol–water partition coefficient (Wildman–Crippen LogP) is 0.865. The van der Waals surface area contributed by atoms with E-state index in [9.17, 15) is 14.0 Å². The molecule has 46 heavy (non-hydrogen) atoms. The summed E-state index contributed by atoms with van der Waals surface area (Å²) in [6.45, 7) is 3.37. The van der Waals surface area contributed by atoms with Crippen molar-refractivity contribution < 1.29 is 37.1 Å². The van der Waals surface area contributed by atoms with Gasteiger partial charge in [-0.1, -0.05) is 26.1 Å². The SMILES string of the molecule is CC(C)C(=O)Nc1nc2c(ncn2C2OC(COPO)CC2OP(S)OCC2CC(F)C(N(N)c3ncnc(N)c3N)O2)c(=O)[nH]1. The molecule has 0 aromatic carbocycles. The van der Waals surface area contributed by atoms with E-state index >= 15 is 0 Å². The van der Waals surface area contributed by atoms with Crippen molar-refractivity contribution in [1.82, 2.24) is 29.5 Å². The van der Waals surface area contributed by atoms with Crippen molar-refractivity contribution in [3.05, 3.63) is 23.0 Å². The number of aromatic nitrogens is 6. The largest absolute Gasteiger partial charge is 0.393 e. The van der Waals surface area contributed by atoms with Gasteiger partial charge >= 0.3 is 0 Å². The number of ether oxygens (including phenoxy) is 2. The van der Waals surface area contributed by atoms with Gasteiger partial charge in [-0.2, -0.15) is 4.98 Å². The second-order valence-corrected chi connectivity index (χ2v) is 13.0. The molecule has 5 heterocycles. The Bertz CT molecular complexity index is 1590. The van der Waals surface area contributed by atoms with E-state index in [0.717, 1.165) is 11.3 Å². The molecule has 2 fully saturated rings. The first kappa shape index (κ1) is 34.5. The minimum atomic E-state index is -1.87. The maximum atomic E-state index is 14.9. The highest BCUT2D eigenvalue weighted by molar-refractivity contribution is 8.41. The summed E-state index contributed by atoms with van der Waals surface area (Å²) in [5.74, 6) is 5.33. The number of amides is 1. The second-order valence-electron chi connectivity index (χ2n) is 10.7. The van der Waals surface area contributed by atoms with E-state index in [0.29, 0.717) is 0 Å². The Morgan fingerprint density at radius 2 is 2.07 bits per heavy atom. The fourth-order valence-corrected chi connectivity index (χ4v) is 6.40. The van der Waals surface area contributed by atoms with E-state index < -0.39 is 59.1 Å². The van der Waals surface area contributed by atoms with Crippen LogP contribution in [0, 0.1) is 5.92 Å². The number of nitrogens with one attached hydrogen (secondary N) is 2. The molecular weight excluding hydrogens is 671 g/mol. The first-order valence-electron chi connectivity index (χ1n) is 13.9. The molecule has 8 atom stereocenters. The summed E-state index contributed by atoms with van der Waals surface area (Å²) in [6.07, 6.45) is -2.74. The number of hydrogen-bond acceptors (Lipinski definition) is 17. The summed E-state index contributed by atoms with van der Waals surface area (Å²) in [6, 6.07) is 0. The lowest BCUT2D eigenvalue weighted by Gasteiger charge is -2.27. The number of fused-ring (bicyclic) bond motifs is 1. The molecule has 252 valence electrons. The van der Waals surface area contributed by atoms with Gasteiger partial charge in [-0.25, -0.2) is 25.2 Å². The van der Waals surface area contributed by atoms with E-state index in [1.165, 1.54) is 10.9 Å². The van der Waals surface area contributed by atoms with Crippen molar-refractivity contribution in [2.24, 2.45) is 11.8 Å². The van der Waals surface area contributed by atoms with Crippen molar-refractivity contribution in [2.75, 3.05) is 35.0 Å². The minimum absolute atomic E-state index is 0.00372. The number of imidazole rings is 1. The van der Waals surface area contributed by atoms with Crippen LogP contribution in [0.5, 0.6) is 0 Å². The van der Waals surface area contributed by atoms with E-state index in [2.05, 4.69) is 42.5 Å². The monoisotopic (exact) mass is 705 g/mol. The Hall–Kier alpha value is -2.84. The third-order valence-electron chi connectivity index (χ3n) is 7.09. The lowest BCUT2D eigenvalue weighted by molar-refractivity contribution is -0.118. The summed E-state index contributed by atoms with van der Waals surface area (Å²) in [7, 11) is -2.62. The maximum Gasteiger partial charge on any atom is 0.280 e. The van der Waals surface area contributed by atoms with Crippen molar-refractivity contribution in [1.29, 1.82) is 0 Å². The third kappa shape index (κ3) is 7.65. The first-order valence-corrected chi connectivity index (χ1v) is 17.1. The van der Waals surface area contributed by atoms with E-state index in [1.54, 1.807) is 13.8 Å².